The van der Waals surface area contributed by atoms with Crippen molar-refractivity contribution in [3.8, 4) is 0 Å². The Hall–Kier alpha value is -0.590. The average molecular weight is 297 g/mol. The van der Waals surface area contributed by atoms with Gasteiger partial charge in [0.1, 0.15) is 3.70 Å². The number of hydrogen-bond acceptors (Lipinski definition) is 2. The fourth-order valence-corrected chi connectivity index (χ4v) is 1.91. The van der Waals surface area contributed by atoms with E-state index in [2.05, 4.69) is 4.98 Å². The summed E-state index contributed by atoms with van der Waals surface area (Å²) in [5, 5.41) is 0. The molecule has 0 bridgehead atoms. The van der Waals surface area contributed by atoms with Gasteiger partial charge in [-0.1, -0.05) is 0 Å². The molecular formula is C8H6F2INO. The molecule has 0 N–H and O–H groups in total. The van der Waals surface area contributed by atoms with Crippen LogP contribution in [0.25, 0.3) is 0 Å². The van der Waals surface area contributed by atoms with E-state index in [-0.39, 0.29) is 14.8 Å². The van der Waals surface area contributed by atoms with Gasteiger partial charge in [0.25, 0.3) is 6.43 Å². The number of alkyl halides is 2. The summed E-state index contributed by atoms with van der Waals surface area (Å²) in [6.45, 7) is 1.66. The smallest absolute Gasteiger partial charge is 0.267 e. The van der Waals surface area contributed by atoms with E-state index in [1.165, 1.54) is 6.07 Å². The first-order valence-electron chi connectivity index (χ1n) is 3.46. The standard InChI is InChI=1S/C8H6F2INO/c1-4-2-5(3-13)6(7(9)10)8(11)12-4/h2-3,7H,1H3. The molecule has 0 aliphatic rings. The van der Waals surface area contributed by atoms with Crippen molar-refractivity contribution in [1.29, 1.82) is 0 Å². The van der Waals surface area contributed by atoms with E-state index in [4.69, 9.17) is 0 Å². The Bertz CT molecular complexity index is 341. The van der Waals surface area contributed by atoms with Crippen LogP contribution in [0.2, 0.25) is 0 Å². The van der Waals surface area contributed by atoms with Crippen LogP contribution in [0.4, 0.5) is 8.78 Å². The minimum absolute atomic E-state index is 0.0203. The number of aromatic nitrogens is 1. The molecule has 0 aliphatic carbocycles. The predicted octanol–water partition coefficient (Wildman–Crippen LogP) is 2.74. The monoisotopic (exact) mass is 297 g/mol. The minimum atomic E-state index is -2.65. The Morgan fingerprint density at radius 1 is 1.62 bits per heavy atom. The van der Waals surface area contributed by atoms with E-state index >= 15 is 0 Å². The van der Waals surface area contributed by atoms with Crippen LogP contribution in [-0.4, -0.2) is 11.3 Å². The Kier molecular flexibility index (Phi) is 3.29. The van der Waals surface area contributed by atoms with Gasteiger partial charge in [-0.15, -0.1) is 0 Å². The van der Waals surface area contributed by atoms with Crippen LogP contribution in [-0.2, 0) is 0 Å². The molecule has 1 aromatic heterocycles. The van der Waals surface area contributed by atoms with Gasteiger partial charge in [-0.25, -0.2) is 13.8 Å². The van der Waals surface area contributed by atoms with Crippen molar-refractivity contribution in [1.82, 2.24) is 4.98 Å². The largest absolute Gasteiger partial charge is 0.298 e. The molecule has 1 heterocycles. The molecule has 0 unspecified atom stereocenters. The van der Waals surface area contributed by atoms with E-state index in [0.717, 1.165) is 0 Å². The van der Waals surface area contributed by atoms with Gasteiger partial charge in [-0.05, 0) is 35.6 Å². The molecular weight excluding hydrogens is 291 g/mol. The zero-order chi connectivity index (χ0) is 10.0. The Balaban J connectivity index is 3.38. The number of aldehydes is 1. The quantitative estimate of drug-likeness (QED) is 0.477. The number of rotatable bonds is 2. The Morgan fingerprint density at radius 3 is 2.69 bits per heavy atom. The molecule has 1 aromatic rings. The van der Waals surface area contributed by atoms with Crippen LogP contribution in [0.5, 0.6) is 0 Å². The van der Waals surface area contributed by atoms with E-state index in [1.807, 2.05) is 0 Å². The van der Waals surface area contributed by atoms with Crippen molar-refractivity contribution in [3.63, 3.8) is 0 Å². The number of carbonyl (C=O) groups is 1. The summed E-state index contributed by atoms with van der Waals surface area (Å²) in [5.41, 5.74) is 0.309. The Morgan fingerprint density at radius 2 is 2.23 bits per heavy atom. The lowest BCUT2D eigenvalue weighted by Crippen LogP contribution is -2.01. The third-order valence-electron chi connectivity index (χ3n) is 1.52. The zero-order valence-corrected chi connectivity index (χ0v) is 8.88. The first-order valence-corrected chi connectivity index (χ1v) is 4.54. The van der Waals surface area contributed by atoms with Crippen LogP contribution in [0.1, 0.15) is 28.0 Å². The van der Waals surface area contributed by atoms with Gasteiger partial charge in [0.2, 0.25) is 0 Å². The van der Waals surface area contributed by atoms with E-state index < -0.39 is 6.43 Å². The molecule has 0 radical (unpaired) electrons. The number of nitrogens with zero attached hydrogens (tertiary/aromatic N) is 1. The number of pyridine rings is 1. The molecule has 2 nitrogen and oxygen atoms in total. The van der Waals surface area contributed by atoms with Gasteiger partial charge in [0, 0.05) is 11.3 Å². The predicted molar refractivity (Wildman–Crippen MR) is 52.0 cm³/mol. The molecule has 0 saturated heterocycles. The molecule has 0 saturated carbocycles. The van der Waals surface area contributed by atoms with Crippen LogP contribution in [0, 0.1) is 10.6 Å². The van der Waals surface area contributed by atoms with Gasteiger partial charge in [-0.2, -0.15) is 0 Å². The fraction of sp³-hybridized carbons (Fsp3) is 0.250. The first kappa shape index (κ1) is 10.5. The summed E-state index contributed by atoms with van der Waals surface area (Å²) in [6, 6.07) is 1.36. The van der Waals surface area contributed by atoms with Gasteiger partial charge in [-0.3, -0.25) is 4.79 Å². The highest BCUT2D eigenvalue weighted by Gasteiger charge is 2.17. The normalized spacial score (nSPS) is 10.5. The molecule has 0 atom stereocenters. The molecule has 0 spiro atoms. The molecule has 0 aromatic carbocycles. The third kappa shape index (κ3) is 2.20. The maximum Gasteiger partial charge on any atom is 0.267 e. The van der Waals surface area contributed by atoms with Crippen molar-refractivity contribution in [3.05, 3.63) is 26.6 Å². The SMILES string of the molecule is Cc1cc(C=O)c(C(F)F)c(I)n1. The summed E-state index contributed by atoms with van der Waals surface area (Å²) in [4.78, 5) is 14.3. The van der Waals surface area contributed by atoms with Crippen molar-refractivity contribution in [2.24, 2.45) is 0 Å². The average Bonchev–Trinajstić information content (AvgIpc) is 2.01. The van der Waals surface area contributed by atoms with Crippen LogP contribution < -0.4 is 0 Å². The van der Waals surface area contributed by atoms with Gasteiger partial charge < -0.3 is 0 Å². The second-order valence-electron chi connectivity index (χ2n) is 2.48. The summed E-state index contributed by atoms with van der Waals surface area (Å²) in [5.74, 6) is 0. The lowest BCUT2D eigenvalue weighted by Gasteiger charge is -2.06. The minimum Gasteiger partial charge on any atom is -0.298 e. The molecule has 0 fully saturated rings. The summed E-state index contributed by atoms with van der Waals surface area (Å²) in [6.07, 6.45) is -2.22. The van der Waals surface area contributed by atoms with Crippen molar-refractivity contribution in [2.45, 2.75) is 13.3 Å². The second kappa shape index (κ2) is 4.08. The summed E-state index contributed by atoms with van der Waals surface area (Å²) < 4.78 is 25.0. The van der Waals surface area contributed by atoms with Crippen LogP contribution in [0.3, 0.4) is 0 Å². The van der Waals surface area contributed by atoms with Gasteiger partial charge in [0.05, 0.1) is 5.56 Å². The zero-order valence-electron chi connectivity index (χ0n) is 6.72. The van der Waals surface area contributed by atoms with Gasteiger partial charge >= 0.3 is 0 Å². The third-order valence-corrected chi connectivity index (χ3v) is 2.34. The van der Waals surface area contributed by atoms with Crippen molar-refractivity contribution in [2.75, 3.05) is 0 Å². The Labute approximate surface area is 87.5 Å². The second-order valence-corrected chi connectivity index (χ2v) is 3.50. The first-order chi connectivity index (χ1) is 6.06. The lowest BCUT2D eigenvalue weighted by molar-refractivity contribution is 0.110. The highest BCUT2D eigenvalue weighted by atomic mass is 127. The number of hydrogen-bond donors (Lipinski definition) is 0. The molecule has 0 aliphatic heterocycles. The summed E-state index contributed by atoms with van der Waals surface area (Å²) in [7, 11) is 0. The topological polar surface area (TPSA) is 30.0 Å². The molecule has 1 rings (SSSR count). The lowest BCUT2D eigenvalue weighted by atomic mass is 10.1. The van der Waals surface area contributed by atoms with E-state index in [9.17, 15) is 13.6 Å². The van der Waals surface area contributed by atoms with E-state index in [1.54, 1.807) is 29.5 Å². The highest BCUT2D eigenvalue weighted by molar-refractivity contribution is 14.1. The molecule has 5 heteroatoms. The fourth-order valence-electron chi connectivity index (χ4n) is 0.983. The van der Waals surface area contributed by atoms with Crippen LogP contribution >= 0.6 is 22.6 Å². The maximum absolute atomic E-state index is 12.4. The molecule has 70 valence electrons. The number of carbonyl (C=O) groups excluding carboxylic acids is 1. The molecule has 13 heavy (non-hydrogen) atoms. The van der Waals surface area contributed by atoms with Crippen molar-refractivity contribution < 1.29 is 13.6 Å². The number of halogens is 3. The van der Waals surface area contributed by atoms with Crippen LogP contribution in [0.15, 0.2) is 6.07 Å². The highest BCUT2D eigenvalue weighted by Crippen LogP contribution is 2.26. The number of aryl methyl sites for hydroxylation is 1. The van der Waals surface area contributed by atoms with Crippen molar-refractivity contribution >= 4 is 28.9 Å². The van der Waals surface area contributed by atoms with E-state index in [0.29, 0.717) is 12.0 Å². The molecule has 0 amide bonds. The van der Waals surface area contributed by atoms with Gasteiger partial charge in [0.15, 0.2) is 6.29 Å². The summed E-state index contributed by atoms with van der Waals surface area (Å²) >= 11 is 1.70. The maximum atomic E-state index is 12.4.